The molecule has 7 nitrogen and oxygen atoms in total. The van der Waals surface area contributed by atoms with Crippen molar-refractivity contribution in [3.63, 3.8) is 0 Å². The van der Waals surface area contributed by atoms with E-state index in [1.165, 1.54) is 46.8 Å². The maximum Gasteiger partial charge on any atom is 0.269 e. The van der Waals surface area contributed by atoms with Gasteiger partial charge in [0.05, 0.1) is 22.7 Å². The number of rotatable bonds is 6. The molecule has 28 heavy (non-hydrogen) atoms. The monoisotopic (exact) mass is 395 g/mol. The summed E-state index contributed by atoms with van der Waals surface area (Å²) in [5.41, 5.74) is 1.49. The van der Waals surface area contributed by atoms with E-state index in [1.54, 1.807) is 12.1 Å². The molecule has 0 radical (unpaired) electrons. The van der Waals surface area contributed by atoms with Crippen LogP contribution in [0.25, 0.3) is 0 Å². The van der Waals surface area contributed by atoms with Crippen LogP contribution in [-0.2, 0) is 6.54 Å². The van der Waals surface area contributed by atoms with Crippen molar-refractivity contribution >= 4 is 29.0 Å². The standard InChI is InChI=1S/C20H17N3O4S/c1-28-18-5-3-2-4-17(18)21-20(25)15-8-11-19(24)22(13-15)12-14-6-9-16(10-7-14)23(26)27/h2-11,13H,12H2,1H3,(H,21,25). The van der Waals surface area contributed by atoms with Gasteiger partial charge in [0.15, 0.2) is 0 Å². The third-order valence-corrected chi connectivity index (χ3v) is 4.90. The van der Waals surface area contributed by atoms with E-state index in [9.17, 15) is 19.7 Å². The Hall–Kier alpha value is -3.39. The number of aromatic nitrogens is 1. The van der Waals surface area contributed by atoms with Crippen molar-refractivity contribution in [1.82, 2.24) is 4.57 Å². The van der Waals surface area contributed by atoms with Gasteiger partial charge in [-0.1, -0.05) is 24.3 Å². The van der Waals surface area contributed by atoms with E-state index in [4.69, 9.17) is 0 Å². The summed E-state index contributed by atoms with van der Waals surface area (Å²) >= 11 is 1.53. The zero-order chi connectivity index (χ0) is 20.1. The highest BCUT2D eigenvalue weighted by Gasteiger charge is 2.11. The van der Waals surface area contributed by atoms with Gasteiger partial charge in [-0.3, -0.25) is 19.7 Å². The Morgan fingerprint density at radius 1 is 1.11 bits per heavy atom. The van der Waals surface area contributed by atoms with E-state index in [1.807, 2.05) is 30.5 Å². The molecule has 0 aliphatic rings. The minimum Gasteiger partial charge on any atom is -0.321 e. The molecule has 0 saturated carbocycles. The van der Waals surface area contributed by atoms with Gasteiger partial charge in [0.2, 0.25) is 0 Å². The van der Waals surface area contributed by atoms with Gasteiger partial charge in [-0.25, -0.2) is 0 Å². The summed E-state index contributed by atoms with van der Waals surface area (Å²) in [4.78, 5) is 36.0. The smallest absolute Gasteiger partial charge is 0.269 e. The van der Waals surface area contributed by atoms with Gasteiger partial charge in [0, 0.05) is 29.3 Å². The van der Waals surface area contributed by atoms with Gasteiger partial charge < -0.3 is 9.88 Å². The number of hydrogen-bond acceptors (Lipinski definition) is 5. The van der Waals surface area contributed by atoms with E-state index in [0.29, 0.717) is 11.3 Å². The minimum absolute atomic E-state index is 0.0170. The average molecular weight is 395 g/mol. The van der Waals surface area contributed by atoms with Crippen LogP contribution in [0.4, 0.5) is 11.4 Å². The number of nitrogens with one attached hydrogen (secondary N) is 1. The molecule has 8 heteroatoms. The summed E-state index contributed by atoms with van der Waals surface area (Å²) in [5.74, 6) is -0.320. The van der Waals surface area contributed by atoms with Crippen molar-refractivity contribution < 1.29 is 9.72 Å². The van der Waals surface area contributed by atoms with Gasteiger partial charge >= 0.3 is 0 Å². The maximum atomic E-state index is 12.6. The Kier molecular flexibility index (Phi) is 5.90. The van der Waals surface area contributed by atoms with E-state index in [0.717, 1.165) is 10.5 Å². The second-order valence-corrected chi connectivity index (χ2v) is 6.81. The van der Waals surface area contributed by atoms with E-state index < -0.39 is 4.92 Å². The molecular weight excluding hydrogens is 378 g/mol. The van der Waals surface area contributed by atoms with Gasteiger partial charge in [0.25, 0.3) is 17.2 Å². The zero-order valence-corrected chi connectivity index (χ0v) is 15.8. The number of nitro groups is 1. The molecule has 1 amide bonds. The van der Waals surface area contributed by atoms with Crippen molar-refractivity contribution in [1.29, 1.82) is 0 Å². The van der Waals surface area contributed by atoms with E-state index in [-0.39, 0.29) is 23.7 Å². The Labute approximate surface area is 165 Å². The maximum absolute atomic E-state index is 12.6. The predicted octanol–water partition coefficient (Wildman–Crippen LogP) is 3.78. The van der Waals surface area contributed by atoms with Crippen LogP contribution in [0.2, 0.25) is 0 Å². The first-order chi connectivity index (χ1) is 13.5. The van der Waals surface area contributed by atoms with Crippen LogP contribution in [0.3, 0.4) is 0 Å². The first kappa shape index (κ1) is 19.4. The number of nitro benzene ring substituents is 1. The highest BCUT2D eigenvalue weighted by Crippen LogP contribution is 2.25. The first-order valence-corrected chi connectivity index (χ1v) is 9.58. The molecule has 3 aromatic rings. The van der Waals surface area contributed by atoms with Crippen molar-refractivity contribution in [3.8, 4) is 0 Å². The Balaban J connectivity index is 1.81. The lowest BCUT2D eigenvalue weighted by Crippen LogP contribution is -2.22. The first-order valence-electron chi connectivity index (χ1n) is 8.36. The molecule has 0 spiro atoms. The topological polar surface area (TPSA) is 94.2 Å². The molecule has 0 saturated heterocycles. The molecule has 0 unspecified atom stereocenters. The number of non-ortho nitro benzene ring substituents is 1. The van der Waals surface area contributed by atoms with Gasteiger partial charge in [0.1, 0.15) is 0 Å². The number of para-hydroxylation sites is 1. The lowest BCUT2D eigenvalue weighted by atomic mass is 10.2. The number of amides is 1. The van der Waals surface area contributed by atoms with Gasteiger partial charge in [-0.15, -0.1) is 11.8 Å². The molecule has 1 N–H and O–H groups in total. The molecule has 0 bridgehead atoms. The second kappa shape index (κ2) is 8.53. The van der Waals surface area contributed by atoms with Crippen LogP contribution in [0.5, 0.6) is 0 Å². The summed E-state index contributed by atoms with van der Waals surface area (Å²) in [5, 5.41) is 13.6. The number of anilines is 1. The van der Waals surface area contributed by atoms with Crippen molar-refractivity contribution in [3.05, 3.63) is 98.5 Å². The van der Waals surface area contributed by atoms with Gasteiger partial charge in [-0.2, -0.15) is 0 Å². The largest absolute Gasteiger partial charge is 0.321 e. The van der Waals surface area contributed by atoms with Crippen LogP contribution < -0.4 is 10.9 Å². The molecule has 142 valence electrons. The summed E-state index contributed by atoms with van der Waals surface area (Å²) in [6, 6.07) is 16.2. The third-order valence-electron chi connectivity index (χ3n) is 4.10. The summed E-state index contributed by atoms with van der Waals surface area (Å²) in [6.07, 6.45) is 3.41. The molecule has 0 atom stereocenters. The highest BCUT2D eigenvalue weighted by molar-refractivity contribution is 7.98. The lowest BCUT2D eigenvalue weighted by Gasteiger charge is -2.11. The number of pyridine rings is 1. The zero-order valence-electron chi connectivity index (χ0n) is 15.0. The molecule has 0 fully saturated rings. The molecule has 3 rings (SSSR count). The predicted molar refractivity (Wildman–Crippen MR) is 109 cm³/mol. The second-order valence-electron chi connectivity index (χ2n) is 5.96. The van der Waals surface area contributed by atoms with Crippen LogP contribution in [0.15, 0.2) is 76.6 Å². The Morgan fingerprint density at radius 3 is 2.50 bits per heavy atom. The average Bonchev–Trinajstić information content (AvgIpc) is 2.70. The SMILES string of the molecule is CSc1ccccc1NC(=O)c1ccc(=O)n(Cc2ccc([N+](=O)[O-])cc2)c1. The summed E-state index contributed by atoms with van der Waals surface area (Å²) in [6.45, 7) is 0.208. The van der Waals surface area contributed by atoms with Crippen LogP contribution >= 0.6 is 11.8 Å². The molecular formula is C20H17N3O4S. The summed E-state index contributed by atoms with van der Waals surface area (Å²) < 4.78 is 1.40. The van der Waals surface area contributed by atoms with Crippen molar-refractivity contribution in [2.75, 3.05) is 11.6 Å². The highest BCUT2D eigenvalue weighted by atomic mass is 32.2. The fraction of sp³-hybridized carbons (Fsp3) is 0.100. The molecule has 1 heterocycles. The number of carbonyl (C=O) groups excluding carboxylic acids is 1. The number of hydrogen-bond donors (Lipinski definition) is 1. The van der Waals surface area contributed by atoms with Crippen molar-refractivity contribution in [2.24, 2.45) is 0 Å². The Morgan fingerprint density at radius 2 is 1.82 bits per heavy atom. The fourth-order valence-corrected chi connectivity index (χ4v) is 3.21. The molecule has 0 aliphatic carbocycles. The number of nitrogens with zero attached hydrogens (tertiary/aromatic N) is 2. The quantitative estimate of drug-likeness (QED) is 0.389. The third kappa shape index (κ3) is 4.47. The molecule has 1 aromatic heterocycles. The number of thioether (sulfide) groups is 1. The van der Waals surface area contributed by atoms with Gasteiger partial charge in [-0.05, 0) is 30.0 Å². The Bertz CT molecular complexity index is 1080. The minimum atomic E-state index is -0.479. The van der Waals surface area contributed by atoms with E-state index in [2.05, 4.69) is 5.32 Å². The van der Waals surface area contributed by atoms with Crippen LogP contribution in [0, 0.1) is 10.1 Å². The normalized spacial score (nSPS) is 10.5. The molecule has 0 aliphatic heterocycles. The van der Waals surface area contributed by atoms with Crippen molar-refractivity contribution in [2.45, 2.75) is 11.4 Å². The number of benzene rings is 2. The van der Waals surface area contributed by atoms with E-state index >= 15 is 0 Å². The van der Waals surface area contributed by atoms with Crippen LogP contribution in [-0.4, -0.2) is 21.7 Å². The lowest BCUT2D eigenvalue weighted by molar-refractivity contribution is -0.384. The fourth-order valence-electron chi connectivity index (χ4n) is 2.65. The summed E-state index contributed by atoms with van der Waals surface area (Å²) in [7, 11) is 0. The molecule has 2 aromatic carbocycles. The number of carbonyl (C=O) groups is 1. The van der Waals surface area contributed by atoms with Crippen LogP contribution in [0.1, 0.15) is 15.9 Å².